The van der Waals surface area contributed by atoms with Crippen LogP contribution in [0.1, 0.15) is 11.6 Å². The lowest BCUT2D eigenvalue weighted by Gasteiger charge is -2.17. The number of carbonyl (C=O) groups is 1. The number of benzene rings is 1. The highest BCUT2D eigenvalue weighted by atomic mass is 35.5. The second-order valence-corrected chi connectivity index (χ2v) is 5.82. The number of thiazole rings is 1. The summed E-state index contributed by atoms with van der Waals surface area (Å²) in [5, 5.41) is 5.97. The van der Waals surface area contributed by atoms with Gasteiger partial charge in [-0.2, -0.15) is 0 Å². The van der Waals surface area contributed by atoms with Crippen LogP contribution in [-0.2, 0) is 4.79 Å². The molecule has 2 aromatic rings. The van der Waals surface area contributed by atoms with Crippen molar-refractivity contribution in [2.24, 2.45) is 5.92 Å². The zero-order valence-corrected chi connectivity index (χ0v) is 12.0. The molecule has 104 valence electrons. The van der Waals surface area contributed by atoms with Gasteiger partial charge in [0.05, 0.1) is 12.0 Å². The van der Waals surface area contributed by atoms with Gasteiger partial charge in [0, 0.05) is 23.1 Å². The average molecular weight is 309 g/mol. The SMILES string of the molecule is O=C(Nc1nccs1)C1CNNC1c1ccc(Cl)cc1. The first kappa shape index (κ1) is 13.5. The van der Waals surface area contributed by atoms with Crippen molar-refractivity contribution in [1.82, 2.24) is 15.8 Å². The first-order valence-electron chi connectivity index (χ1n) is 6.18. The number of rotatable bonds is 3. The van der Waals surface area contributed by atoms with Crippen molar-refractivity contribution in [3.63, 3.8) is 0 Å². The van der Waals surface area contributed by atoms with E-state index in [2.05, 4.69) is 21.2 Å². The number of hydrogen-bond acceptors (Lipinski definition) is 5. The van der Waals surface area contributed by atoms with Crippen molar-refractivity contribution >= 4 is 34.0 Å². The maximum absolute atomic E-state index is 12.3. The Balaban J connectivity index is 1.75. The van der Waals surface area contributed by atoms with Gasteiger partial charge in [-0.25, -0.2) is 10.4 Å². The molecule has 20 heavy (non-hydrogen) atoms. The van der Waals surface area contributed by atoms with Crippen molar-refractivity contribution in [1.29, 1.82) is 0 Å². The third-order valence-corrected chi connectivity index (χ3v) is 4.15. The molecule has 0 bridgehead atoms. The number of amides is 1. The highest BCUT2D eigenvalue weighted by molar-refractivity contribution is 7.13. The minimum atomic E-state index is -0.194. The van der Waals surface area contributed by atoms with Crippen molar-refractivity contribution in [3.05, 3.63) is 46.4 Å². The van der Waals surface area contributed by atoms with Crippen LogP contribution in [-0.4, -0.2) is 17.4 Å². The predicted molar refractivity (Wildman–Crippen MR) is 79.6 cm³/mol. The third kappa shape index (κ3) is 2.83. The van der Waals surface area contributed by atoms with Gasteiger partial charge in [-0.3, -0.25) is 10.2 Å². The molecule has 1 aliphatic heterocycles. The van der Waals surface area contributed by atoms with E-state index in [1.807, 2.05) is 29.6 Å². The monoisotopic (exact) mass is 308 g/mol. The molecule has 1 fully saturated rings. The summed E-state index contributed by atoms with van der Waals surface area (Å²) in [6, 6.07) is 7.43. The van der Waals surface area contributed by atoms with Crippen molar-refractivity contribution < 1.29 is 4.79 Å². The van der Waals surface area contributed by atoms with Crippen LogP contribution >= 0.6 is 22.9 Å². The van der Waals surface area contributed by atoms with E-state index in [1.165, 1.54) is 11.3 Å². The molecule has 2 heterocycles. The van der Waals surface area contributed by atoms with E-state index in [1.54, 1.807) is 6.20 Å². The Morgan fingerprint density at radius 3 is 2.90 bits per heavy atom. The van der Waals surface area contributed by atoms with E-state index in [9.17, 15) is 4.79 Å². The molecule has 0 saturated carbocycles. The second-order valence-electron chi connectivity index (χ2n) is 4.49. The molecule has 1 saturated heterocycles. The van der Waals surface area contributed by atoms with Crippen LogP contribution in [0.5, 0.6) is 0 Å². The molecule has 1 aromatic heterocycles. The average Bonchev–Trinajstić information content (AvgIpc) is 3.10. The largest absolute Gasteiger partial charge is 0.302 e. The van der Waals surface area contributed by atoms with Crippen molar-refractivity contribution in [2.75, 3.05) is 11.9 Å². The molecule has 0 aliphatic carbocycles. The zero-order chi connectivity index (χ0) is 13.9. The number of hydrazine groups is 1. The zero-order valence-electron chi connectivity index (χ0n) is 10.5. The van der Waals surface area contributed by atoms with E-state index in [4.69, 9.17) is 11.6 Å². The van der Waals surface area contributed by atoms with Crippen LogP contribution in [0.4, 0.5) is 5.13 Å². The summed E-state index contributed by atoms with van der Waals surface area (Å²) in [7, 11) is 0. The number of nitrogens with one attached hydrogen (secondary N) is 3. The first-order chi connectivity index (χ1) is 9.74. The summed E-state index contributed by atoms with van der Waals surface area (Å²) < 4.78 is 0. The van der Waals surface area contributed by atoms with E-state index in [0.29, 0.717) is 16.7 Å². The van der Waals surface area contributed by atoms with Crippen LogP contribution in [0.2, 0.25) is 5.02 Å². The smallest absolute Gasteiger partial charge is 0.232 e. The molecule has 1 amide bonds. The standard InChI is InChI=1S/C13H13ClN4OS/c14-9-3-1-8(2-4-9)11-10(7-16-18-11)12(19)17-13-15-5-6-20-13/h1-6,10-11,16,18H,7H2,(H,15,17,19). The van der Waals surface area contributed by atoms with E-state index in [-0.39, 0.29) is 17.9 Å². The highest BCUT2D eigenvalue weighted by Crippen LogP contribution is 2.27. The highest BCUT2D eigenvalue weighted by Gasteiger charge is 2.34. The summed E-state index contributed by atoms with van der Waals surface area (Å²) in [5.41, 5.74) is 7.19. The minimum absolute atomic E-state index is 0.0441. The van der Waals surface area contributed by atoms with Crippen LogP contribution in [0.25, 0.3) is 0 Å². The molecule has 1 aromatic carbocycles. The molecule has 7 heteroatoms. The normalized spacial score (nSPS) is 21.9. The van der Waals surface area contributed by atoms with E-state index < -0.39 is 0 Å². The second kappa shape index (κ2) is 5.88. The molecular weight excluding hydrogens is 296 g/mol. The van der Waals surface area contributed by atoms with Gasteiger partial charge in [0.15, 0.2) is 5.13 Å². The number of nitrogens with zero attached hydrogens (tertiary/aromatic N) is 1. The number of aromatic nitrogens is 1. The molecule has 3 N–H and O–H groups in total. The lowest BCUT2D eigenvalue weighted by molar-refractivity contribution is -0.119. The van der Waals surface area contributed by atoms with Gasteiger partial charge in [0.1, 0.15) is 0 Å². The lowest BCUT2D eigenvalue weighted by atomic mass is 9.94. The fourth-order valence-corrected chi connectivity index (χ4v) is 2.87. The number of hydrogen-bond donors (Lipinski definition) is 3. The maximum Gasteiger partial charge on any atom is 0.232 e. The molecule has 5 nitrogen and oxygen atoms in total. The van der Waals surface area contributed by atoms with Crippen LogP contribution in [0, 0.1) is 5.92 Å². The quantitative estimate of drug-likeness (QED) is 0.813. The van der Waals surface area contributed by atoms with Gasteiger partial charge in [0.2, 0.25) is 5.91 Å². The minimum Gasteiger partial charge on any atom is -0.302 e. The van der Waals surface area contributed by atoms with Gasteiger partial charge in [-0.05, 0) is 17.7 Å². The van der Waals surface area contributed by atoms with Gasteiger partial charge in [-0.1, -0.05) is 23.7 Å². The molecule has 1 aliphatic rings. The summed E-state index contributed by atoms with van der Waals surface area (Å²) in [6.07, 6.45) is 1.67. The van der Waals surface area contributed by atoms with Gasteiger partial charge in [0.25, 0.3) is 0 Å². The molecule has 0 spiro atoms. The fourth-order valence-electron chi connectivity index (χ4n) is 2.21. The molecule has 2 atom stereocenters. The predicted octanol–water partition coefficient (Wildman–Crippen LogP) is 2.20. The molecular formula is C13H13ClN4OS. The third-order valence-electron chi connectivity index (χ3n) is 3.21. The molecule has 2 unspecified atom stereocenters. The van der Waals surface area contributed by atoms with Gasteiger partial charge < -0.3 is 5.32 Å². The summed E-state index contributed by atoms with van der Waals surface area (Å²) >= 11 is 7.30. The van der Waals surface area contributed by atoms with Crippen LogP contribution < -0.4 is 16.2 Å². The van der Waals surface area contributed by atoms with E-state index in [0.717, 1.165) is 5.56 Å². The van der Waals surface area contributed by atoms with Crippen molar-refractivity contribution in [3.8, 4) is 0 Å². The summed E-state index contributed by atoms with van der Waals surface area (Å²) in [4.78, 5) is 16.4. The van der Waals surface area contributed by atoms with Crippen LogP contribution in [0.3, 0.4) is 0 Å². The number of anilines is 1. The maximum atomic E-state index is 12.3. The Morgan fingerprint density at radius 1 is 1.40 bits per heavy atom. The Labute approximate surface area is 125 Å². The Kier molecular flexibility index (Phi) is 3.98. The van der Waals surface area contributed by atoms with Gasteiger partial charge in [-0.15, -0.1) is 11.3 Å². The van der Waals surface area contributed by atoms with Gasteiger partial charge >= 0.3 is 0 Å². The van der Waals surface area contributed by atoms with Crippen LogP contribution in [0.15, 0.2) is 35.8 Å². The Hall–Kier alpha value is -1.47. The fraction of sp³-hybridized carbons (Fsp3) is 0.231. The Morgan fingerprint density at radius 2 is 2.20 bits per heavy atom. The molecule has 3 rings (SSSR count). The van der Waals surface area contributed by atoms with Crippen molar-refractivity contribution in [2.45, 2.75) is 6.04 Å². The first-order valence-corrected chi connectivity index (χ1v) is 7.44. The lowest BCUT2D eigenvalue weighted by Crippen LogP contribution is -2.29. The number of halogens is 1. The summed E-state index contributed by atoms with van der Waals surface area (Å²) in [5.74, 6) is -0.238. The van der Waals surface area contributed by atoms with E-state index >= 15 is 0 Å². The topological polar surface area (TPSA) is 66.0 Å². The Bertz CT molecular complexity index is 587. The molecule has 0 radical (unpaired) electrons. The number of carbonyl (C=O) groups excluding carboxylic acids is 1. The summed E-state index contributed by atoms with van der Waals surface area (Å²) in [6.45, 7) is 0.574.